The summed E-state index contributed by atoms with van der Waals surface area (Å²) in [4.78, 5) is 21.4. The van der Waals surface area contributed by atoms with Crippen molar-refractivity contribution >= 4 is 22.2 Å². The lowest BCUT2D eigenvalue weighted by atomic mass is 9.96. The summed E-state index contributed by atoms with van der Waals surface area (Å²) in [6, 6.07) is 16.2. The molecule has 6 heteroatoms. The van der Waals surface area contributed by atoms with Gasteiger partial charge in [-0.3, -0.25) is 4.79 Å². The number of benzene rings is 2. The Morgan fingerprint density at radius 1 is 1.07 bits per heavy atom. The van der Waals surface area contributed by atoms with E-state index in [1.54, 1.807) is 28.2 Å². The molecule has 0 saturated carbocycles. The van der Waals surface area contributed by atoms with E-state index in [0.717, 1.165) is 38.2 Å². The van der Waals surface area contributed by atoms with Crippen LogP contribution in [0.2, 0.25) is 0 Å². The first-order chi connectivity index (χ1) is 14.6. The summed E-state index contributed by atoms with van der Waals surface area (Å²) < 4.78 is 3.77. The van der Waals surface area contributed by atoms with Gasteiger partial charge in [-0.25, -0.2) is 9.97 Å². The van der Waals surface area contributed by atoms with Gasteiger partial charge in [-0.2, -0.15) is 0 Å². The molecule has 0 amide bonds. The largest absolute Gasteiger partial charge is 0.323 e. The van der Waals surface area contributed by atoms with Crippen molar-refractivity contribution in [2.45, 2.75) is 13.0 Å². The normalized spacial score (nSPS) is 12.3. The maximum absolute atomic E-state index is 12.6. The maximum Gasteiger partial charge on any atom is 0.251 e. The molecule has 3 aromatic heterocycles. The van der Waals surface area contributed by atoms with Gasteiger partial charge in [0.1, 0.15) is 11.0 Å². The fourth-order valence-corrected chi connectivity index (χ4v) is 4.70. The van der Waals surface area contributed by atoms with Gasteiger partial charge in [-0.05, 0) is 35.7 Å². The highest BCUT2D eigenvalue weighted by atomic mass is 32.1. The van der Waals surface area contributed by atoms with Crippen LogP contribution in [-0.2, 0) is 7.05 Å². The molecule has 1 unspecified atom stereocenters. The second-order valence-electron chi connectivity index (χ2n) is 7.38. The quantitative estimate of drug-likeness (QED) is 0.426. The predicted molar refractivity (Wildman–Crippen MR) is 121 cm³/mol. The number of rotatable bonds is 4. The van der Waals surface area contributed by atoms with Crippen LogP contribution >= 0.6 is 11.3 Å². The van der Waals surface area contributed by atoms with Crippen molar-refractivity contribution in [2.75, 3.05) is 0 Å². The average molecular weight is 413 g/mol. The Hall–Kier alpha value is -3.51. The minimum absolute atomic E-state index is 0.0159. The van der Waals surface area contributed by atoms with Gasteiger partial charge in [0.15, 0.2) is 0 Å². The number of fused-ring (bicyclic) bond motifs is 1. The number of imidazole rings is 1. The second-order valence-corrected chi connectivity index (χ2v) is 8.31. The first kappa shape index (κ1) is 18.5. The van der Waals surface area contributed by atoms with Crippen LogP contribution in [0, 0.1) is 6.92 Å². The summed E-state index contributed by atoms with van der Waals surface area (Å²) in [7, 11) is 1.82. The van der Waals surface area contributed by atoms with Crippen LogP contribution in [0.1, 0.15) is 22.2 Å². The number of thiazole rings is 1. The summed E-state index contributed by atoms with van der Waals surface area (Å²) in [6.45, 7) is 2.07. The maximum atomic E-state index is 12.6. The number of pyridine rings is 1. The molecule has 5 rings (SSSR count). The van der Waals surface area contributed by atoms with Crippen molar-refractivity contribution in [3.05, 3.63) is 105 Å². The third-order valence-electron chi connectivity index (χ3n) is 5.42. The fourth-order valence-electron chi connectivity index (χ4n) is 3.93. The van der Waals surface area contributed by atoms with E-state index < -0.39 is 0 Å². The van der Waals surface area contributed by atoms with E-state index in [1.165, 1.54) is 0 Å². The highest BCUT2D eigenvalue weighted by molar-refractivity contribution is 7.09. The van der Waals surface area contributed by atoms with Crippen molar-refractivity contribution in [3.8, 4) is 11.1 Å². The zero-order valence-electron chi connectivity index (χ0n) is 16.7. The number of nitrogens with zero attached hydrogens (tertiary/aromatic N) is 4. The molecule has 30 heavy (non-hydrogen) atoms. The number of hydrogen-bond donors (Lipinski definition) is 0. The third kappa shape index (κ3) is 3.15. The number of hydrogen-bond acceptors (Lipinski definition) is 4. The molecule has 1 atom stereocenters. The smallest absolute Gasteiger partial charge is 0.251 e. The number of aryl methyl sites for hydroxylation is 2. The van der Waals surface area contributed by atoms with Crippen molar-refractivity contribution in [1.29, 1.82) is 0 Å². The monoisotopic (exact) mass is 412 g/mol. The van der Waals surface area contributed by atoms with Gasteiger partial charge in [-0.15, -0.1) is 11.3 Å². The van der Waals surface area contributed by atoms with Gasteiger partial charge < -0.3 is 9.13 Å². The first-order valence-electron chi connectivity index (χ1n) is 9.69. The minimum Gasteiger partial charge on any atom is -0.323 e. The molecule has 0 spiro atoms. The zero-order valence-corrected chi connectivity index (χ0v) is 17.5. The molecule has 3 heterocycles. The lowest BCUT2D eigenvalue weighted by Crippen LogP contribution is -2.17. The molecule has 0 radical (unpaired) electrons. The SMILES string of the molecule is Cc1cccc(-c2cc(=O)n(C)c3ccc(C(c4nccs4)n4ccnc4)cc23)c1. The standard InChI is InChI=1S/C24H20N4OS/c1-16-4-3-5-17(12-16)19-14-22(29)27(2)21-7-6-18(13-20(19)21)23(24-26-9-11-30-24)28-10-8-25-15-28/h3-15,23H,1-2H3. The Bertz CT molecular complexity index is 1350. The van der Waals surface area contributed by atoms with Crippen LogP contribution in [0.25, 0.3) is 22.0 Å². The van der Waals surface area contributed by atoms with Crippen molar-refractivity contribution in [2.24, 2.45) is 7.05 Å². The van der Waals surface area contributed by atoms with Crippen LogP contribution in [0.3, 0.4) is 0 Å². The first-order valence-corrected chi connectivity index (χ1v) is 10.6. The summed E-state index contributed by atoms with van der Waals surface area (Å²) in [6.07, 6.45) is 7.38. The molecule has 0 aliphatic rings. The lowest BCUT2D eigenvalue weighted by Gasteiger charge is -2.19. The predicted octanol–water partition coefficient (Wildman–Crippen LogP) is 4.80. The van der Waals surface area contributed by atoms with E-state index >= 15 is 0 Å². The molecule has 0 aliphatic heterocycles. The summed E-state index contributed by atoms with van der Waals surface area (Å²) >= 11 is 1.62. The molecule has 148 valence electrons. The van der Waals surface area contributed by atoms with Gasteiger partial charge in [0.05, 0.1) is 11.8 Å². The van der Waals surface area contributed by atoms with E-state index in [4.69, 9.17) is 0 Å². The highest BCUT2D eigenvalue weighted by Gasteiger charge is 2.20. The van der Waals surface area contributed by atoms with E-state index in [-0.39, 0.29) is 11.6 Å². The topological polar surface area (TPSA) is 52.7 Å². The molecule has 0 N–H and O–H groups in total. The van der Waals surface area contributed by atoms with Crippen LogP contribution in [0.4, 0.5) is 0 Å². The Morgan fingerprint density at radius 2 is 1.97 bits per heavy atom. The average Bonchev–Trinajstić information content (AvgIpc) is 3.46. The van der Waals surface area contributed by atoms with Gasteiger partial charge in [0, 0.05) is 42.5 Å². The van der Waals surface area contributed by atoms with Gasteiger partial charge in [0.25, 0.3) is 5.56 Å². The van der Waals surface area contributed by atoms with E-state index in [1.807, 2.05) is 43.3 Å². The molecule has 0 fully saturated rings. The van der Waals surface area contributed by atoms with Crippen LogP contribution in [0.5, 0.6) is 0 Å². The number of aromatic nitrogens is 4. The summed E-state index contributed by atoms with van der Waals surface area (Å²) in [5.74, 6) is 0. The van der Waals surface area contributed by atoms with E-state index in [9.17, 15) is 4.79 Å². The Kier molecular flexibility index (Phi) is 4.56. The molecule has 0 bridgehead atoms. The zero-order chi connectivity index (χ0) is 20.7. The minimum atomic E-state index is -0.0699. The van der Waals surface area contributed by atoms with E-state index in [0.29, 0.717) is 0 Å². The Balaban J connectivity index is 1.78. The highest BCUT2D eigenvalue weighted by Crippen LogP contribution is 2.33. The van der Waals surface area contributed by atoms with Gasteiger partial charge in [-0.1, -0.05) is 35.9 Å². The van der Waals surface area contributed by atoms with Crippen LogP contribution < -0.4 is 5.56 Å². The molecule has 5 aromatic rings. The third-order valence-corrected chi connectivity index (χ3v) is 6.25. The molecule has 5 nitrogen and oxygen atoms in total. The van der Waals surface area contributed by atoms with Crippen LogP contribution in [0.15, 0.2) is 83.6 Å². The molecular formula is C24H20N4OS. The van der Waals surface area contributed by atoms with Crippen molar-refractivity contribution < 1.29 is 0 Å². The second kappa shape index (κ2) is 7.39. The van der Waals surface area contributed by atoms with Gasteiger partial charge >= 0.3 is 0 Å². The van der Waals surface area contributed by atoms with Crippen molar-refractivity contribution in [1.82, 2.24) is 19.1 Å². The fraction of sp³-hybridized carbons (Fsp3) is 0.125. The molecular weight excluding hydrogens is 392 g/mol. The molecule has 0 saturated heterocycles. The summed E-state index contributed by atoms with van der Waals surface area (Å²) in [5, 5.41) is 4.03. The van der Waals surface area contributed by atoms with Crippen LogP contribution in [-0.4, -0.2) is 19.1 Å². The Labute approximate surface area is 177 Å². The van der Waals surface area contributed by atoms with E-state index in [2.05, 4.69) is 51.8 Å². The molecule has 2 aromatic carbocycles. The molecule has 0 aliphatic carbocycles. The summed E-state index contributed by atoms with van der Waals surface area (Å²) in [5.41, 5.74) is 5.15. The van der Waals surface area contributed by atoms with Crippen molar-refractivity contribution in [3.63, 3.8) is 0 Å². The lowest BCUT2D eigenvalue weighted by molar-refractivity contribution is 0.672. The van der Waals surface area contributed by atoms with Gasteiger partial charge in [0.2, 0.25) is 0 Å². The Morgan fingerprint density at radius 3 is 2.70 bits per heavy atom.